The maximum absolute atomic E-state index is 13.5. The number of aromatic amines is 1. The molecule has 2 N–H and O–H groups in total. The summed E-state index contributed by atoms with van der Waals surface area (Å²) < 4.78 is 19.2. The number of carbonyl (C=O) groups excluding carboxylic acids is 1. The van der Waals surface area contributed by atoms with E-state index in [0.29, 0.717) is 23.8 Å². The third kappa shape index (κ3) is 3.99. The predicted molar refractivity (Wildman–Crippen MR) is 122 cm³/mol. The highest BCUT2D eigenvalue weighted by Crippen LogP contribution is 2.53. The molecule has 2 heterocycles. The highest BCUT2D eigenvalue weighted by molar-refractivity contribution is 5.75. The van der Waals surface area contributed by atoms with Gasteiger partial charge in [0.1, 0.15) is 11.9 Å². The van der Waals surface area contributed by atoms with Crippen LogP contribution in [0, 0.1) is 35.4 Å². The highest BCUT2D eigenvalue weighted by atomic mass is 19.1. The largest absolute Gasteiger partial charge is 0.462 e. The quantitative estimate of drug-likeness (QED) is 0.719. The van der Waals surface area contributed by atoms with Crippen LogP contribution in [0.3, 0.4) is 0 Å². The fraction of sp³-hybridized carbons (Fsp3) is 0.481. The number of H-pyrrole nitrogens is 1. The number of fused-ring (bicyclic) bond motifs is 2. The van der Waals surface area contributed by atoms with Crippen molar-refractivity contribution in [2.75, 3.05) is 7.05 Å². The lowest BCUT2D eigenvalue weighted by molar-refractivity contribution is -0.380. The molecular weight excluding hydrogens is 403 g/mol. The van der Waals surface area contributed by atoms with Crippen molar-refractivity contribution in [3.8, 4) is 11.1 Å². The van der Waals surface area contributed by atoms with Gasteiger partial charge in [0.2, 0.25) is 5.69 Å². The van der Waals surface area contributed by atoms with Crippen molar-refractivity contribution in [1.82, 2.24) is 5.32 Å². The first kappa shape index (κ1) is 21.3. The zero-order valence-corrected chi connectivity index (χ0v) is 18.8. The monoisotopic (exact) mass is 435 g/mol. The minimum atomic E-state index is -0.233. The molecule has 0 spiro atoms. The Morgan fingerprint density at radius 3 is 2.78 bits per heavy atom. The first-order valence-corrected chi connectivity index (χ1v) is 11.9. The summed E-state index contributed by atoms with van der Waals surface area (Å²) in [6, 6.07) is 11.2. The molecule has 5 rings (SSSR count). The summed E-state index contributed by atoms with van der Waals surface area (Å²) in [5.74, 6) is 1.55. The molecule has 2 aliphatic carbocycles. The molecule has 1 aromatic heterocycles. The molecule has 0 unspecified atom stereocenters. The molecule has 7 atom stereocenters. The van der Waals surface area contributed by atoms with E-state index in [1.54, 1.807) is 12.1 Å². The Balaban J connectivity index is 1.38. The summed E-state index contributed by atoms with van der Waals surface area (Å²) in [5.41, 5.74) is 2.81. The van der Waals surface area contributed by atoms with Crippen LogP contribution in [-0.2, 0) is 9.53 Å². The molecule has 0 bridgehead atoms. The summed E-state index contributed by atoms with van der Waals surface area (Å²) in [7, 11) is 2.04. The summed E-state index contributed by atoms with van der Waals surface area (Å²) in [4.78, 5) is 15.9. The van der Waals surface area contributed by atoms with Crippen LogP contribution in [0.5, 0.6) is 0 Å². The van der Waals surface area contributed by atoms with Gasteiger partial charge in [0.15, 0.2) is 6.20 Å². The van der Waals surface area contributed by atoms with Crippen LogP contribution in [0.25, 0.3) is 17.2 Å². The van der Waals surface area contributed by atoms with Crippen molar-refractivity contribution in [2.45, 2.75) is 44.8 Å². The molecule has 1 aliphatic heterocycles. The third-order valence-electron chi connectivity index (χ3n) is 8.05. The van der Waals surface area contributed by atoms with Gasteiger partial charge in [0.05, 0.1) is 5.92 Å². The van der Waals surface area contributed by atoms with E-state index in [0.717, 1.165) is 29.7 Å². The number of aromatic nitrogens is 1. The van der Waals surface area contributed by atoms with E-state index in [1.165, 1.54) is 18.9 Å². The van der Waals surface area contributed by atoms with Crippen molar-refractivity contribution >= 4 is 12.0 Å². The number of rotatable bonds is 4. The highest BCUT2D eigenvalue weighted by Gasteiger charge is 2.54. The van der Waals surface area contributed by atoms with Crippen molar-refractivity contribution in [3.63, 3.8) is 0 Å². The SMILES string of the molecule is CN[C@@H]1CC[C@@H]2[C@@H](C1)C[C@H]1C(=O)O[C@H](C)[C@H]1[C@H]2/C=C/c1ccc(-c2cccc(F)c2)c[nH+]1. The van der Waals surface area contributed by atoms with Gasteiger partial charge in [-0.15, -0.1) is 0 Å². The second kappa shape index (κ2) is 8.78. The van der Waals surface area contributed by atoms with Gasteiger partial charge in [-0.3, -0.25) is 4.79 Å². The van der Waals surface area contributed by atoms with E-state index in [4.69, 9.17) is 4.74 Å². The Kier molecular flexibility index (Phi) is 5.85. The standard InChI is InChI=1S/C27H31FN2O2/c1-16-26-24(23-10-9-22(29-2)13-19(23)14-25(26)27(31)32-16)11-8-21-7-6-18(15-30-21)17-4-3-5-20(28)12-17/h3-8,11-12,15-16,19,22-26,29H,9-10,13-14H2,1-2H3/p+1/b11-8+/t16-,19+,22-,23-,24+,25-,26+/m1/s1. The predicted octanol–water partition coefficient (Wildman–Crippen LogP) is 4.52. The van der Waals surface area contributed by atoms with Crippen LogP contribution in [0.2, 0.25) is 0 Å². The number of benzene rings is 1. The topological polar surface area (TPSA) is 52.5 Å². The fourth-order valence-electron chi connectivity index (χ4n) is 6.48. The average molecular weight is 436 g/mol. The molecule has 1 saturated heterocycles. The van der Waals surface area contributed by atoms with Crippen LogP contribution in [-0.4, -0.2) is 25.2 Å². The van der Waals surface area contributed by atoms with Gasteiger partial charge >= 0.3 is 5.97 Å². The second-order valence-corrected chi connectivity index (χ2v) is 9.76. The van der Waals surface area contributed by atoms with Crippen LogP contribution in [0.1, 0.15) is 38.3 Å². The molecule has 32 heavy (non-hydrogen) atoms. The zero-order chi connectivity index (χ0) is 22.2. The van der Waals surface area contributed by atoms with Gasteiger partial charge in [0.25, 0.3) is 0 Å². The third-order valence-corrected chi connectivity index (χ3v) is 8.05. The number of cyclic esters (lactones) is 1. The van der Waals surface area contributed by atoms with Crippen molar-refractivity contribution < 1.29 is 18.9 Å². The molecule has 2 saturated carbocycles. The van der Waals surface area contributed by atoms with Crippen LogP contribution in [0.15, 0.2) is 48.7 Å². The molecule has 3 fully saturated rings. The van der Waals surface area contributed by atoms with Gasteiger partial charge in [0, 0.05) is 29.7 Å². The summed E-state index contributed by atoms with van der Waals surface area (Å²) >= 11 is 0. The van der Waals surface area contributed by atoms with E-state index >= 15 is 0 Å². The number of hydrogen-bond donors (Lipinski definition) is 1. The minimum Gasteiger partial charge on any atom is -0.462 e. The Labute approximate surface area is 189 Å². The van der Waals surface area contributed by atoms with E-state index in [2.05, 4.69) is 29.4 Å². The number of halogens is 1. The second-order valence-electron chi connectivity index (χ2n) is 9.76. The number of pyridine rings is 1. The van der Waals surface area contributed by atoms with Gasteiger partial charge in [-0.2, -0.15) is 0 Å². The van der Waals surface area contributed by atoms with Gasteiger partial charge in [-0.05, 0) is 81.2 Å². The smallest absolute Gasteiger partial charge is 0.309 e. The van der Waals surface area contributed by atoms with Crippen molar-refractivity contribution in [1.29, 1.82) is 0 Å². The number of nitrogens with one attached hydrogen (secondary N) is 2. The maximum atomic E-state index is 13.5. The van der Waals surface area contributed by atoms with Crippen LogP contribution in [0.4, 0.5) is 4.39 Å². The fourth-order valence-corrected chi connectivity index (χ4v) is 6.48. The molecule has 2 aromatic rings. The van der Waals surface area contributed by atoms with Gasteiger partial charge < -0.3 is 10.1 Å². The Hall–Kier alpha value is -2.53. The van der Waals surface area contributed by atoms with E-state index in [9.17, 15) is 9.18 Å². The molecule has 3 aliphatic rings. The van der Waals surface area contributed by atoms with Gasteiger partial charge in [-0.1, -0.05) is 18.2 Å². The van der Waals surface area contributed by atoms with E-state index in [-0.39, 0.29) is 29.7 Å². The first-order chi connectivity index (χ1) is 15.5. The lowest BCUT2D eigenvalue weighted by Gasteiger charge is -2.47. The van der Waals surface area contributed by atoms with Gasteiger partial charge in [-0.25, -0.2) is 9.37 Å². The summed E-state index contributed by atoms with van der Waals surface area (Å²) in [6.45, 7) is 2.06. The zero-order valence-electron chi connectivity index (χ0n) is 18.8. The maximum Gasteiger partial charge on any atom is 0.309 e. The molecule has 1 aromatic carbocycles. The number of allylic oxidation sites excluding steroid dienone is 1. The minimum absolute atomic E-state index is 0.00283. The van der Waals surface area contributed by atoms with E-state index < -0.39 is 0 Å². The summed E-state index contributed by atoms with van der Waals surface area (Å²) in [6.07, 6.45) is 10.9. The van der Waals surface area contributed by atoms with Crippen LogP contribution < -0.4 is 10.3 Å². The van der Waals surface area contributed by atoms with E-state index in [1.807, 2.05) is 31.4 Å². The molecular formula is C27H32FN2O2+. The van der Waals surface area contributed by atoms with Crippen molar-refractivity contribution in [2.24, 2.45) is 29.6 Å². The Morgan fingerprint density at radius 2 is 2.03 bits per heavy atom. The lowest BCUT2D eigenvalue weighted by atomic mass is 9.57. The molecule has 4 nitrogen and oxygen atoms in total. The molecule has 5 heteroatoms. The molecule has 0 radical (unpaired) electrons. The summed E-state index contributed by atoms with van der Waals surface area (Å²) in [5, 5.41) is 3.45. The number of esters is 1. The average Bonchev–Trinajstić information content (AvgIpc) is 3.09. The normalized spacial score (nSPS) is 34.2. The first-order valence-electron chi connectivity index (χ1n) is 11.9. The lowest BCUT2D eigenvalue weighted by Crippen LogP contribution is -2.46. The Morgan fingerprint density at radius 1 is 1.16 bits per heavy atom. The molecule has 168 valence electrons. The number of carbonyl (C=O) groups is 1. The number of ether oxygens (including phenoxy) is 1. The Bertz CT molecular complexity index is 1000. The number of hydrogen-bond acceptors (Lipinski definition) is 3. The van der Waals surface area contributed by atoms with Crippen LogP contribution >= 0.6 is 0 Å². The van der Waals surface area contributed by atoms with Crippen molar-refractivity contribution in [3.05, 3.63) is 60.2 Å². The molecule has 0 amide bonds.